The van der Waals surface area contributed by atoms with E-state index in [4.69, 9.17) is 17.3 Å². The van der Waals surface area contributed by atoms with Gasteiger partial charge in [-0.15, -0.1) is 0 Å². The highest BCUT2D eigenvalue weighted by Gasteiger charge is 2.25. The Hall–Kier alpha value is -2.05. The molecule has 2 rings (SSSR count). The quantitative estimate of drug-likeness (QED) is 0.867. The summed E-state index contributed by atoms with van der Waals surface area (Å²) in [6, 6.07) is 13.1. The lowest BCUT2D eigenvalue weighted by Gasteiger charge is -2.24. The predicted molar refractivity (Wildman–Crippen MR) is 91.0 cm³/mol. The second-order valence-corrected chi connectivity index (χ2v) is 7.31. The molecular formula is C16H17ClN2O3S. The number of primary amides is 1. The van der Waals surface area contributed by atoms with Gasteiger partial charge >= 0.3 is 0 Å². The minimum atomic E-state index is -3.85. The number of para-hydroxylation sites is 1. The second kappa shape index (κ2) is 7.02. The summed E-state index contributed by atoms with van der Waals surface area (Å²) in [6.45, 7) is 1.76. The number of hydrogen-bond donors (Lipinski definition) is 1. The van der Waals surface area contributed by atoms with Crippen LogP contribution >= 0.6 is 11.6 Å². The summed E-state index contributed by atoms with van der Waals surface area (Å²) in [4.78, 5) is 11.1. The topological polar surface area (TPSA) is 80.5 Å². The van der Waals surface area contributed by atoms with Crippen LogP contribution in [0.25, 0.3) is 0 Å². The number of carbonyl (C=O) groups is 1. The summed E-state index contributed by atoms with van der Waals surface area (Å²) >= 11 is 6.04. The summed E-state index contributed by atoms with van der Waals surface area (Å²) in [6.07, 6.45) is -0.0757. The molecule has 0 heterocycles. The number of hydrogen-bond acceptors (Lipinski definition) is 3. The highest BCUT2D eigenvalue weighted by atomic mass is 35.5. The lowest BCUT2D eigenvalue weighted by molar-refractivity contribution is -0.117. The first-order chi connectivity index (χ1) is 10.8. The molecule has 122 valence electrons. The summed E-state index contributed by atoms with van der Waals surface area (Å²) in [7, 11) is -3.85. The highest BCUT2D eigenvalue weighted by Crippen LogP contribution is 2.26. The van der Waals surface area contributed by atoms with Gasteiger partial charge in [-0.2, -0.15) is 0 Å². The molecule has 0 unspecified atom stereocenters. The zero-order valence-electron chi connectivity index (χ0n) is 12.6. The second-order valence-electron chi connectivity index (χ2n) is 5.04. The molecule has 0 saturated heterocycles. The molecule has 0 fully saturated rings. The van der Waals surface area contributed by atoms with Crippen molar-refractivity contribution in [1.29, 1.82) is 0 Å². The van der Waals surface area contributed by atoms with E-state index in [2.05, 4.69) is 0 Å². The third-order valence-corrected chi connectivity index (χ3v) is 5.57. The van der Waals surface area contributed by atoms with E-state index in [1.807, 2.05) is 0 Å². The van der Waals surface area contributed by atoms with Crippen LogP contribution in [-0.4, -0.2) is 20.9 Å². The summed E-state index contributed by atoms with van der Waals surface area (Å²) in [5.74, 6) is -0.567. The Balaban J connectivity index is 2.47. The first kappa shape index (κ1) is 17.3. The molecule has 2 N–H and O–H groups in total. The zero-order chi connectivity index (χ0) is 17.0. The summed E-state index contributed by atoms with van der Waals surface area (Å²) < 4.78 is 27.0. The van der Waals surface area contributed by atoms with Crippen LogP contribution in [-0.2, 0) is 14.8 Å². The van der Waals surface area contributed by atoms with E-state index in [1.165, 1.54) is 16.4 Å². The van der Waals surface area contributed by atoms with Crippen LogP contribution in [0, 0.1) is 6.92 Å². The Morgan fingerprint density at radius 3 is 2.39 bits per heavy atom. The van der Waals surface area contributed by atoms with Crippen molar-refractivity contribution in [1.82, 2.24) is 0 Å². The van der Waals surface area contributed by atoms with Gasteiger partial charge in [0, 0.05) is 18.0 Å². The van der Waals surface area contributed by atoms with Gasteiger partial charge in [0.15, 0.2) is 0 Å². The molecule has 5 nitrogen and oxygen atoms in total. The Labute approximate surface area is 140 Å². The van der Waals surface area contributed by atoms with E-state index >= 15 is 0 Å². The van der Waals surface area contributed by atoms with Crippen LogP contribution in [0.4, 0.5) is 5.69 Å². The van der Waals surface area contributed by atoms with Crippen LogP contribution in [0.5, 0.6) is 0 Å². The van der Waals surface area contributed by atoms with E-state index in [0.717, 1.165) is 5.56 Å². The van der Waals surface area contributed by atoms with Crippen molar-refractivity contribution < 1.29 is 13.2 Å². The van der Waals surface area contributed by atoms with Gasteiger partial charge in [-0.3, -0.25) is 9.10 Å². The number of carbonyl (C=O) groups excluding carboxylic acids is 1. The molecule has 0 aromatic heterocycles. The molecule has 1 amide bonds. The lowest BCUT2D eigenvalue weighted by Crippen LogP contribution is -2.34. The largest absolute Gasteiger partial charge is 0.370 e. The van der Waals surface area contributed by atoms with Gasteiger partial charge in [0.05, 0.1) is 10.6 Å². The molecule has 0 atom stereocenters. The molecule has 0 aliphatic carbocycles. The lowest BCUT2D eigenvalue weighted by atomic mass is 10.2. The smallest absolute Gasteiger partial charge is 0.264 e. The Bertz CT molecular complexity index is 807. The van der Waals surface area contributed by atoms with Gasteiger partial charge in [-0.05, 0) is 36.8 Å². The van der Waals surface area contributed by atoms with E-state index in [0.29, 0.717) is 10.7 Å². The first-order valence-electron chi connectivity index (χ1n) is 6.94. The third-order valence-electron chi connectivity index (χ3n) is 3.34. The van der Waals surface area contributed by atoms with Crippen molar-refractivity contribution in [3.05, 3.63) is 59.1 Å². The molecular weight excluding hydrogens is 336 g/mol. The molecule has 23 heavy (non-hydrogen) atoms. The predicted octanol–water partition coefficient (Wildman–Crippen LogP) is 2.72. The number of aryl methyl sites for hydroxylation is 1. The minimum absolute atomic E-state index is 0.0345. The number of nitrogens with two attached hydrogens (primary N) is 1. The van der Waals surface area contributed by atoms with Gasteiger partial charge in [0.25, 0.3) is 10.0 Å². The fourth-order valence-electron chi connectivity index (χ4n) is 2.06. The van der Waals surface area contributed by atoms with Gasteiger partial charge in [0.1, 0.15) is 0 Å². The normalized spacial score (nSPS) is 11.2. The Morgan fingerprint density at radius 1 is 1.17 bits per heavy atom. The maximum absolute atomic E-state index is 12.9. The van der Waals surface area contributed by atoms with E-state index in [1.54, 1.807) is 43.3 Å². The van der Waals surface area contributed by atoms with Crippen LogP contribution in [0.1, 0.15) is 12.0 Å². The number of sulfonamides is 1. The van der Waals surface area contributed by atoms with E-state index < -0.39 is 15.9 Å². The van der Waals surface area contributed by atoms with Crippen molar-refractivity contribution >= 4 is 33.2 Å². The third kappa shape index (κ3) is 4.03. The van der Waals surface area contributed by atoms with E-state index in [-0.39, 0.29) is 17.9 Å². The fourth-order valence-corrected chi connectivity index (χ4v) is 3.79. The van der Waals surface area contributed by atoms with Gasteiger partial charge < -0.3 is 5.73 Å². The average molecular weight is 353 g/mol. The zero-order valence-corrected chi connectivity index (χ0v) is 14.1. The highest BCUT2D eigenvalue weighted by molar-refractivity contribution is 7.92. The van der Waals surface area contributed by atoms with Crippen LogP contribution in [0.15, 0.2) is 53.4 Å². The van der Waals surface area contributed by atoms with Crippen molar-refractivity contribution in [2.24, 2.45) is 5.73 Å². The van der Waals surface area contributed by atoms with Crippen LogP contribution < -0.4 is 10.0 Å². The molecule has 0 aliphatic heterocycles. The standard InChI is InChI=1S/C16H17ClN2O3S/c1-12-7-8-14(11-15(12)17)23(21,22)19(10-9-16(18)20)13-5-3-2-4-6-13/h2-8,11H,9-10H2,1H3,(H2,18,20). The number of benzene rings is 2. The molecule has 0 saturated carbocycles. The number of nitrogens with zero attached hydrogens (tertiary/aromatic N) is 1. The maximum atomic E-state index is 12.9. The molecule has 2 aromatic carbocycles. The summed E-state index contributed by atoms with van der Waals surface area (Å²) in [5, 5.41) is 0.369. The van der Waals surface area contributed by atoms with Crippen molar-refractivity contribution in [3.8, 4) is 0 Å². The molecule has 0 radical (unpaired) electrons. The fraction of sp³-hybridized carbons (Fsp3) is 0.188. The van der Waals surface area contributed by atoms with Gasteiger partial charge in [0.2, 0.25) is 5.91 Å². The number of rotatable bonds is 6. The monoisotopic (exact) mass is 352 g/mol. The van der Waals surface area contributed by atoms with Crippen molar-refractivity contribution in [3.63, 3.8) is 0 Å². The number of halogens is 1. The Morgan fingerprint density at radius 2 is 1.83 bits per heavy atom. The SMILES string of the molecule is Cc1ccc(S(=O)(=O)N(CCC(N)=O)c2ccccc2)cc1Cl. The number of anilines is 1. The molecule has 7 heteroatoms. The van der Waals surface area contributed by atoms with Crippen molar-refractivity contribution in [2.75, 3.05) is 10.8 Å². The first-order valence-corrected chi connectivity index (χ1v) is 8.76. The average Bonchev–Trinajstić information content (AvgIpc) is 2.50. The maximum Gasteiger partial charge on any atom is 0.264 e. The van der Waals surface area contributed by atoms with Crippen LogP contribution in [0.2, 0.25) is 5.02 Å². The van der Waals surface area contributed by atoms with E-state index in [9.17, 15) is 13.2 Å². The molecule has 2 aromatic rings. The van der Waals surface area contributed by atoms with Crippen LogP contribution in [0.3, 0.4) is 0 Å². The minimum Gasteiger partial charge on any atom is -0.370 e. The number of amides is 1. The van der Waals surface area contributed by atoms with Crippen molar-refractivity contribution in [2.45, 2.75) is 18.2 Å². The summed E-state index contributed by atoms with van der Waals surface area (Å²) in [5.41, 5.74) is 6.41. The molecule has 0 spiro atoms. The molecule has 0 bridgehead atoms. The van der Waals surface area contributed by atoms with Gasteiger partial charge in [-0.1, -0.05) is 35.9 Å². The van der Waals surface area contributed by atoms with Gasteiger partial charge in [-0.25, -0.2) is 8.42 Å². The molecule has 0 aliphatic rings. The Kier molecular flexibility index (Phi) is 5.28.